The zero-order chi connectivity index (χ0) is 46.3. The number of hydrogen-bond donors (Lipinski definition) is 3. The minimum Gasteiger partial charge on any atom is -0.394 e. The average molecular weight is 886 g/mol. The molecule has 366 valence electrons. The van der Waals surface area contributed by atoms with E-state index in [0.717, 1.165) is 89.9 Å². The molecule has 4 heteroatoms. The second-order valence-corrected chi connectivity index (χ2v) is 17.9. The van der Waals surface area contributed by atoms with Crippen molar-refractivity contribution in [2.75, 3.05) is 6.61 Å². The monoisotopic (exact) mass is 886 g/mol. The van der Waals surface area contributed by atoms with E-state index in [1.807, 2.05) is 6.08 Å². The summed E-state index contributed by atoms with van der Waals surface area (Å²) in [6, 6.07) is -0.635. The van der Waals surface area contributed by atoms with Gasteiger partial charge >= 0.3 is 0 Å². The van der Waals surface area contributed by atoms with Crippen LogP contribution >= 0.6 is 0 Å². The third-order valence-corrected chi connectivity index (χ3v) is 11.8. The van der Waals surface area contributed by atoms with Crippen molar-refractivity contribution in [3.05, 3.63) is 109 Å². The standard InChI is InChI=1S/C60H103NO3/c1-3-5-7-9-11-13-15-17-19-21-23-24-25-26-27-28-29-30-31-32-33-34-35-36-38-40-42-44-46-48-50-52-54-56-60(64)61-58(57-62)59(63)55-53-51-49-47-45-43-41-39-37-22-20-18-16-14-12-10-8-6-4-2/h5,7,11,13,17,19,23-24,26-27,29-30,32-33,35-36,53,55,58-59,62-63H,3-4,6,8-10,12,14-16,18,20-22,25,28,31,34,37-52,54,56-57H2,1-2H3,(H,61,64)/b7-5-,13-11-,19-17-,24-23-,27-26-,30-29-,33-32-,36-35-,55-53+. The van der Waals surface area contributed by atoms with Crippen LogP contribution in [0.2, 0.25) is 0 Å². The molecule has 0 aliphatic rings. The van der Waals surface area contributed by atoms with Crippen LogP contribution in [0.1, 0.15) is 245 Å². The molecule has 0 saturated heterocycles. The predicted molar refractivity (Wildman–Crippen MR) is 285 cm³/mol. The van der Waals surface area contributed by atoms with Gasteiger partial charge in [-0.2, -0.15) is 0 Å². The normalized spacial score (nSPS) is 13.8. The van der Waals surface area contributed by atoms with E-state index in [9.17, 15) is 15.0 Å². The number of hydrogen-bond acceptors (Lipinski definition) is 3. The molecule has 0 aliphatic carbocycles. The lowest BCUT2D eigenvalue weighted by molar-refractivity contribution is -0.123. The first-order valence-electron chi connectivity index (χ1n) is 27.1. The van der Waals surface area contributed by atoms with E-state index in [0.29, 0.717) is 6.42 Å². The number of unbranched alkanes of at least 4 members (excludes halogenated alkanes) is 25. The van der Waals surface area contributed by atoms with Gasteiger partial charge in [-0.1, -0.05) is 264 Å². The van der Waals surface area contributed by atoms with E-state index in [1.54, 1.807) is 6.08 Å². The van der Waals surface area contributed by atoms with Crippen molar-refractivity contribution >= 4 is 5.91 Å². The lowest BCUT2D eigenvalue weighted by Gasteiger charge is -2.20. The number of aliphatic hydroxyl groups excluding tert-OH is 2. The maximum atomic E-state index is 12.5. The van der Waals surface area contributed by atoms with Crippen molar-refractivity contribution in [1.29, 1.82) is 0 Å². The Morgan fingerprint density at radius 1 is 0.391 bits per heavy atom. The van der Waals surface area contributed by atoms with Crippen molar-refractivity contribution < 1.29 is 15.0 Å². The molecule has 0 fully saturated rings. The fourth-order valence-corrected chi connectivity index (χ4v) is 7.66. The summed E-state index contributed by atoms with van der Waals surface area (Å²) in [6.45, 7) is 4.20. The van der Waals surface area contributed by atoms with Gasteiger partial charge < -0.3 is 15.5 Å². The summed E-state index contributed by atoms with van der Waals surface area (Å²) in [4.78, 5) is 12.5. The Morgan fingerprint density at radius 3 is 1.03 bits per heavy atom. The minimum atomic E-state index is -0.850. The van der Waals surface area contributed by atoms with E-state index in [4.69, 9.17) is 0 Å². The Kier molecular flexibility index (Phi) is 51.9. The molecule has 64 heavy (non-hydrogen) atoms. The highest BCUT2D eigenvalue weighted by atomic mass is 16.3. The molecule has 1 amide bonds. The molecule has 0 radical (unpaired) electrons. The lowest BCUT2D eigenvalue weighted by atomic mass is 10.0. The number of aliphatic hydroxyl groups is 2. The Bertz CT molecular complexity index is 1230. The van der Waals surface area contributed by atoms with E-state index in [1.165, 1.54) is 135 Å². The highest BCUT2D eigenvalue weighted by Crippen LogP contribution is 2.15. The molecular weight excluding hydrogens is 783 g/mol. The van der Waals surface area contributed by atoms with Crippen molar-refractivity contribution in [2.45, 2.75) is 257 Å². The summed E-state index contributed by atoms with van der Waals surface area (Å²) >= 11 is 0. The van der Waals surface area contributed by atoms with Crippen LogP contribution in [0.5, 0.6) is 0 Å². The summed E-state index contributed by atoms with van der Waals surface area (Å²) in [5.41, 5.74) is 0. The summed E-state index contributed by atoms with van der Waals surface area (Å²) in [5.74, 6) is -0.0758. The SMILES string of the molecule is CC/C=C\C/C=C\C/C=C\C/C=C\C/C=C\C/C=C\C/C=C\C/C=C\CCCCCCCCCCC(=O)NC(CO)C(O)/C=C/CCCCCCCCCCCCCCCCCCC. The van der Waals surface area contributed by atoms with Gasteiger partial charge in [-0.05, 0) is 83.5 Å². The molecule has 2 atom stereocenters. The third-order valence-electron chi connectivity index (χ3n) is 11.8. The van der Waals surface area contributed by atoms with Gasteiger partial charge in [0, 0.05) is 6.42 Å². The van der Waals surface area contributed by atoms with Crippen LogP contribution in [0.15, 0.2) is 109 Å². The van der Waals surface area contributed by atoms with Gasteiger partial charge in [0.15, 0.2) is 0 Å². The lowest BCUT2D eigenvalue weighted by Crippen LogP contribution is -2.45. The predicted octanol–water partition coefficient (Wildman–Crippen LogP) is 17.9. The Labute approximate surface area is 397 Å². The van der Waals surface area contributed by atoms with Crippen LogP contribution in [0, 0.1) is 0 Å². The first kappa shape index (κ1) is 61.0. The second kappa shape index (κ2) is 54.4. The molecule has 0 aromatic rings. The Hall–Kier alpha value is -2.95. The van der Waals surface area contributed by atoms with Crippen molar-refractivity contribution in [2.24, 2.45) is 0 Å². The van der Waals surface area contributed by atoms with Crippen molar-refractivity contribution in [3.63, 3.8) is 0 Å². The van der Waals surface area contributed by atoms with Gasteiger partial charge in [0.25, 0.3) is 0 Å². The second-order valence-electron chi connectivity index (χ2n) is 17.9. The van der Waals surface area contributed by atoms with Gasteiger partial charge in [0.2, 0.25) is 5.91 Å². The van der Waals surface area contributed by atoms with Gasteiger partial charge in [0.1, 0.15) is 0 Å². The Balaban J connectivity index is 3.62. The molecule has 0 heterocycles. The van der Waals surface area contributed by atoms with E-state index in [-0.39, 0.29) is 12.5 Å². The van der Waals surface area contributed by atoms with Crippen LogP contribution < -0.4 is 5.32 Å². The van der Waals surface area contributed by atoms with E-state index >= 15 is 0 Å². The fraction of sp³-hybridized carbons (Fsp3) is 0.683. The van der Waals surface area contributed by atoms with Crippen LogP contribution in [0.25, 0.3) is 0 Å². The highest BCUT2D eigenvalue weighted by molar-refractivity contribution is 5.76. The highest BCUT2D eigenvalue weighted by Gasteiger charge is 2.18. The number of carbonyl (C=O) groups excluding carboxylic acids is 1. The molecule has 3 N–H and O–H groups in total. The van der Waals surface area contributed by atoms with Crippen molar-refractivity contribution in [1.82, 2.24) is 5.32 Å². The zero-order valence-corrected chi connectivity index (χ0v) is 42.0. The summed E-state index contributed by atoms with van der Waals surface area (Å²) in [7, 11) is 0. The first-order chi connectivity index (χ1) is 31.7. The number of carbonyl (C=O) groups is 1. The third kappa shape index (κ3) is 50.1. The number of amides is 1. The molecular formula is C60H103NO3. The smallest absolute Gasteiger partial charge is 0.220 e. The summed E-state index contributed by atoms with van der Waals surface area (Å²) in [6.07, 6.45) is 82.2. The van der Waals surface area contributed by atoms with Gasteiger partial charge in [-0.3, -0.25) is 4.79 Å². The quantitative estimate of drug-likeness (QED) is 0.0421. The molecule has 0 aromatic heterocycles. The van der Waals surface area contributed by atoms with Crippen molar-refractivity contribution in [3.8, 4) is 0 Å². The maximum Gasteiger partial charge on any atom is 0.220 e. The summed E-state index contributed by atoms with van der Waals surface area (Å²) in [5, 5.41) is 23.1. The summed E-state index contributed by atoms with van der Waals surface area (Å²) < 4.78 is 0. The van der Waals surface area contributed by atoms with Crippen LogP contribution in [0.4, 0.5) is 0 Å². The number of rotatable bonds is 48. The fourth-order valence-electron chi connectivity index (χ4n) is 7.66. The van der Waals surface area contributed by atoms with Gasteiger partial charge in [-0.15, -0.1) is 0 Å². The van der Waals surface area contributed by atoms with Gasteiger partial charge in [-0.25, -0.2) is 0 Å². The van der Waals surface area contributed by atoms with E-state index < -0.39 is 12.1 Å². The molecule has 4 nitrogen and oxygen atoms in total. The van der Waals surface area contributed by atoms with Gasteiger partial charge in [0.05, 0.1) is 18.8 Å². The molecule has 0 spiro atoms. The van der Waals surface area contributed by atoms with Crippen LogP contribution in [-0.4, -0.2) is 34.9 Å². The molecule has 2 unspecified atom stereocenters. The number of allylic oxidation sites excluding steroid dienone is 17. The van der Waals surface area contributed by atoms with Crippen LogP contribution in [0.3, 0.4) is 0 Å². The largest absolute Gasteiger partial charge is 0.394 e. The number of nitrogens with one attached hydrogen (secondary N) is 1. The molecule has 0 aliphatic heterocycles. The topological polar surface area (TPSA) is 69.6 Å². The zero-order valence-electron chi connectivity index (χ0n) is 42.0. The molecule has 0 rings (SSSR count). The van der Waals surface area contributed by atoms with E-state index in [2.05, 4.69) is 116 Å². The first-order valence-corrected chi connectivity index (χ1v) is 27.1. The minimum absolute atomic E-state index is 0.0758. The Morgan fingerprint density at radius 2 is 0.688 bits per heavy atom. The molecule has 0 saturated carbocycles. The average Bonchev–Trinajstić information content (AvgIpc) is 3.30. The molecule has 0 aromatic carbocycles. The maximum absolute atomic E-state index is 12.5. The van der Waals surface area contributed by atoms with Crippen LogP contribution in [-0.2, 0) is 4.79 Å². The molecule has 0 bridgehead atoms.